The summed E-state index contributed by atoms with van der Waals surface area (Å²) in [5, 5.41) is 2.45. The van der Waals surface area contributed by atoms with Crippen LogP contribution in [0.25, 0.3) is 10.8 Å². The number of amides is 1. The highest BCUT2D eigenvalue weighted by Gasteiger charge is 2.12. The van der Waals surface area contributed by atoms with E-state index in [4.69, 9.17) is 4.74 Å². The normalized spacial score (nSPS) is 15.8. The van der Waals surface area contributed by atoms with E-state index in [1.54, 1.807) is 0 Å². The van der Waals surface area contributed by atoms with Crippen LogP contribution in [0, 0.1) is 0 Å². The maximum Gasteiger partial charge on any atom is 0.210 e. The lowest BCUT2D eigenvalue weighted by molar-refractivity contribution is -0.119. The predicted molar refractivity (Wildman–Crippen MR) is 87.7 cm³/mol. The molecule has 1 heterocycles. The smallest absolute Gasteiger partial charge is 0.210 e. The van der Waals surface area contributed by atoms with Crippen LogP contribution in [0.4, 0.5) is 0 Å². The van der Waals surface area contributed by atoms with Crippen LogP contribution >= 0.6 is 0 Å². The Morgan fingerprint density at radius 2 is 1.86 bits per heavy atom. The molecule has 1 fully saturated rings. The molecule has 116 valence electrons. The molecule has 0 bridgehead atoms. The third-order valence-corrected chi connectivity index (χ3v) is 4.21. The van der Waals surface area contributed by atoms with Gasteiger partial charge in [0.1, 0.15) is 0 Å². The number of fused-ring (bicyclic) bond motifs is 1. The zero-order valence-corrected chi connectivity index (χ0v) is 12.8. The molecule has 0 aromatic heterocycles. The average Bonchev–Trinajstić information content (AvgIpc) is 2.59. The number of nitrogens with zero attached hydrogens (tertiary/aromatic N) is 2. The molecular weight excluding hydrogens is 276 g/mol. The highest BCUT2D eigenvalue weighted by Crippen LogP contribution is 2.19. The van der Waals surface area contributed by atoms with Gasteiger partial charge in [0.2, 0.25) is 6.41 Å². The van der Waals surface area contributed by atoms with Crippen LogP contribution in [0.3, 0.4) is 0 Å². The molecule has 4 heteroatoms. The third kappa shape index (κ3) is 3.64. The molecule has 3 rings (SSSR count). The van der Waals surface area contributed by atoms with Crippen molar-refractivity contribution in [2.45, 2.75) is 6.54 Å². The molecule has 22 heavy (non-hydrogen) atoms. The van der Waals surface area contributed by atoms with E-state index in [-0.39, 0.29) is 0 Å². The number of morpholine rings is 1. The number of ether oxygens (including phenoxy) is 1. The number of hydrogen-bond acceptors (Lipinski definition) is 3. The molecule has 2 aromatic rings. The van der Waals surface area contributed by atoms with Crippen LogP contribution in [0.2, 0.25) is 0 Å². The molecule has 1 aliphatic heterocycles. The average molecular weight is 298 g/mol. The fourth-order valence-corrected chi connectivity index (χ4v) is 2.91. The highest BCUT2D eigenvalue weighted by molar-refractivity contribution is 5.85. The van der Waals surface area contributed by atoms with E-state index in [9.17, 15) is 4.79 Å². The summed E-state index contributed by atoms with van der Waals surface area (Å²) in [6, 6.07) is 14.6. The second kappa shape index (κ2) is 7.38. The van der Waals surface area contributed by atoms with Crippen LogP contribution in [-0.4, -0.2) is 55.6 Å². The van der Waals surface area contributed by atoms with E-state index >= 15 is 0 Å². The summed E-state index contributed by atoms with van der Waals surface area (Å²) in [7, 11) is 0. The van der Waals surface area contributed by atoms with Gasteiger partial charge in [0.25, 0.3) is 0 Å². The van der Waals surface area contributed by atoms with Crippen molar-refractivity contribution in [2.75, 3.05) is 39.4 Å². The van der Waals surface area contributed by atoms with Crippen molar-refractivity contribution in [1.82, 2.24) is 9.80 Å². The molecule has 0 saturated carbocycles. The Morgan fingerprint density at radius 3 is 2.68 bits per heavy atom. The summed E-state index contributed by atoms with van der Waals surface area (Å²) < 4.78 is 5.35. The summed E-state index contributed by atoms with van der Waals surface area (Å²) in [6.07, 6.45) is 0.961. The van der Waals surface area contributed by atoms with E-state index in [0.717, 1.165) is 45.8 Å². The van der Waals surface area contributed by atoms with Gasteiger partial charge in [0.15, 0.2) is 0 Å². The zero-order valence-electron chi connectivity index (χ0n) is 12.8. The lowest BCUT2D eigenvalue weighted by Crippen LogP contribution is -2.41. The Balaban J connectivity index is 1.65. The van der Waals surface area contributed by atoms with Crippen LogP contribution < -0.4 is 0 Å². The van der Waals surface area contributed by atoms with Gasteiger partial charge >= 0.3 is 0 Å². The van der Waals surface area contributed by atoms with Crippen molar-refractivity contribution in [1.29, 1.82) is 0 Å². The monoisotopic (exact) mass is 298 g/mol. The molecular formula is C18H22N2O2. The van der Waals surface area contributed by atoms with E-state index in [2.05, 4.69) is 35.2 Å². The molecule has 1 amide bonds. The lowest BCUT2D eigenvalue weighted by Gasteiger charge is -2.28. The third-order valence-electron chi connectivity index (χ3n) is 4.21. The minimum Gasteiger partial charge on any atom is -0.379 e. The molecule has 2 aromatic carbocycles. The zero-order chi connectivity index (χ0) is 15.2. The minimum atomic E-state index is 0.662. The van der Waals surface area contributed by atoms with E-state index in [0.29, 0.717) is 6.54 Å². The molecule has 1 aliphatic rings. The van der Waals surface area contributed by atoms with Crippen LogP contribution in [-0.2, 0) is 16.1 Å². The fraction of sp³-hybridized carbons (Fsp3) is 0.389. The fourth-order valence-electron chi connectivity index (χ4n) is 2.91. The largest absolute Gasteiger partial charge is 0.379 e. The maximum absolute atomic E-state index is 11.4. The molecule has 4 nitrogen and oxygen atoms in total. The lowest BCUT2D eigenvalue weighted by atomic mass is 10.0. The van der Waals surface area contributed by atoms with Crippen molar-refractivity contribution >= 4 is 17.2 Å². The van der Waals surface area contributed by atoms with E-state index < -0.39 is 0 Å². The van der Waals surface area contributed by atoms with Crippen molar-refractivity contribution in [3.8, 4) is 0 Å². The van der Waals surface area contributed by atoms with Gasteiger partial charge in [0, 0.05) is 32.7 Å². The van der Waals surface area contributed by atoms with Crippen molar-refractivity contribution in [3.05, 3.63) is 48.0 Å². The number of carbonyl (C=O) groups excluding carboxylic acids is 1. The van der Waals surface area contributed by atoms with Gasteiger partial charge < -0.3 is 9.64 Å². The van der Waals surface area contributed by atoms with Gasteiger partial charge in [-0.2, -0.15) is 0 Å². The molecule has 0 N–H and O–H groups in total. The molecule has 0 aliphatic carbocycles. The van der Waals surface area contributed by atoms with Gasteiger partial charge in [-0.25, -0.2) is 0 Å². The predicted octanol–water partition coefficient (Wildman–Crippen LogP) is 2.13. The maximum atomic E-state index is 11.4. The summed E-state index contributed by atoms with van der Waals surface area (Å²) in [5.74, 6) is 0. The first kappa shape index (κ1) is 15.0. The SMILES string of the molecule is O=CN(CCN1CCOCC1)Cc1cccc2ccccc12. The first-order valence-electron chi connectivity index (χ1n) is 7.83. The van der Waals surface area contributed by atoms with Gasteiger partial charge in [-0.05, 0) is 16.3 Å². The van der Waals surface area contributed by atoms with Crippen molar-refractivity contribution in [2.24, 2.45) is 0 Å². The second-order valence-electron chi connectivity index (χ2n) is 5.67. The van der Waals surface area contributed by atoms with Gasteiger partial charge in [-0.3, -0.25) is 9.69 Å². The summed E-state index contributed by atoms with van der Waals surface area (Å²) in [4.78, 5) is 15.6. The molecule has 0 spiro atoms. The van der Waals surface area contributed by atoms with Crippen molar-refractivity contribution in [3.63, 3.8) is 0 Å². The number of rotatable bonds is 6. The van der Waals surface area contributed by atoms with Crippen LogP contribution in [0.15, 0.2) is 42.5 Å². The van der Waals surface area contributed by atoms with Gasteiger partial charge in [0.05, 0.1) is 13.2 Å². The summed E-state index contributed by atoms with van der Waals surface area (Å²) in [5.41, 5.74) is 1.20. The number of benzene rings is 2. The van der Waals surface area contributed by atoms with Crippen molar-refractivity contribution < 1.29 is 9.53 Å². The molecule has 0 radical (unpaired) electrons. The van der Waals surface area contributed by atoms with E-state index in [1.807, 2.05) is 17.0 Å². The summed E-state index contributed by atoms with van der Waals surface area (Å²) >= 11 is 0. The van der Waals surface area contributed by atoms with Crippen LogP contribution in [0.1, 0.15) is 5.56 Å². The van der Waals surface area contributed by atoms with Crippen LogP contribution in [0.5, 0.6) is 0 Å². The summed E-state index contributed by atoms with van der Waals surface area (Å²) in [6.45, 7) is 5.84. The highest BCUT2D eigenvalue weighted by atomic mass is 16.5. The Bertz CT molecular complexity index is 618. The minimum absolute atomic E-state index is 0.662. The van der Waals surface area contributed by atoms with Gasteiger partial charge in [-0.1, -0.05) is 42.5 Å². The number of carbonyl (C=O) groups is 1. The Morgan fingerprint density at radius 1 is 1.09 bits per heavy atom. The second-order valence-corrected chi connectivity index (χ2v) is 5.67. The Hall–Kier alpha value is -1.91. The quantitative estimate of drug-likeness (QED) is 0.766. The van der Waals surface area contributed by atoms with Gasteiger partial charge in [-0.15, -0.1) is 0 Å². The Labute approximate surface area is 131 Å². The molecule has 1 saturated heterocycles. The van der Waals surface area contributed by atoms with E-state index in [1.165, 1.54) is 16.3 Å². The Kier molecular flexibility index (Phi) is 5.03. The first-order chi connectivity index (χ1) is 10.9. The molecule has 0 atom stereocenters. The first-order valence-corrected chi connectivity index (χ1v) is 7.83. The topological polar surface area (TPSA) is 32.8 Å². The number of hydrogen-bond donors (Lipinski definition) is 0. The molecule has 0 unspecified atom stereocenters. The standard InChI is InChI=1S/C18H22N2O2/c21-15-20(9-8-19-10-12-22-13-11-19)14-17-6-3-5-16-4-1-2-7-18(16)17/h1-7,15H,8-14H2.